The predicted octanol–water partition coefficient (Wildman–Crippen LogP) is 3.48. The summed E-state index contributed by atoms with van der Waals surface area (Å²) in [6.07, 6.45) is 9.13. The second-order valence-electron chi connectivity index (χ2n) is 13.9. The summed E-state index contributed by atoms with van der Waals surface area (Å²) < 4.78 is 43.5. The van der Waals surface area contributed by atoms with Crippen LogP contribution in [0.3, 0.4) is 0 Å². The van der Waals surface area contributed by atoms with Crippen LogP contribution in [-0.2, 0) is 16.2 Å². The monoisotopic (exact) mass is 616 g/mol. The number of benzene rings is 3. The number of hydrogen-bond acceptors (Lipinski definition) is 6. The minimum absolute atomic E-state index is 0.0209. The van der Waals surface area contributed by atoms with Gasteiger partial charge in [-0.15, -0.1) is 10.2 Å². The maximum Gasteiger partial charge on any atom is 0.211 e. The van der Waals surface area contributed by atoms with Crippen LogP contribution in [-0.4, -0.2) is 30.1 Å². The average Bonchev–Trinajstić information content (AvgIpc) is 3.22. The highest BCUT2D eigenvalue weighted by Crippen LogP contribution is 2.55. The van der Waals surface area contributed by atoms with Crippen LogP contribution in [0.1, 0.15) is 76.3 Å². The van der Waals surface area contributed by atoms with Crippen LogP contribution in [0.2, 0.25) is 0 Å². The van der Waals surface area contributed by atoms with Crippen molar-refractivity contribution in [2.45, 2.75) is 70.4 Å². The summed E-state index contributed by atoms with van der Waals surface area (Å²) >= 11 is 0. The Morgan fingerprint density at radius 3 is 2.05 bits per heavy atom. The first-order valence-electron chi connectivity index (χ1n) is 14.7. The zero-order valence-corrected chi connectivity index (χ0v) is 27.7. The molecule has 1 atom stereocenters. The molecular weight excluding hydrogens is 576 g/mol. The number of rotatable bonds is 2. The molecule has 232 valence electrons. The summed E-state index contributed by atoms with van der Waals surface area (Å²) in [5.41, 5.74) is 9.12. The molecular formula is C36H41ClN2O5. The molecule has 8 heteroatoms. The zero-order chi connectivity index (χ0) is 32.5. The number of ether oxygens (including phenoxy) is 1. The summed E-state index contributed by atoms with van der Waals surface area (Å²) in [4.78, 5) is 2.31. The topological polar surface area (TPSA) is 108 Å². The molecule has 0 aromatic heterocycles. The van der Waals surface area contributed by atoms with E-state index in [1.807, 2.05) is 0 Å². The molecule has 0 radical (unpaired) electrons. The van der Waals surface area contributed by atoms with Crippen LogP contribution in [0.15, 0.2) is 72.8 Å². The van der Waals surface area contributed by atoms with Crippen molar-refractivity contribution in [3.8, 4) is 5.75 Å². The van der Waals surface area contributed by atoms with Crippen molar-refractivity contribution in [1.82, 2.24) is 0 Å². The molecule has 3 heterocycles. The van der Waals surface area contributed by atoms with E-state index in [1.165, 1.54) is 33.8 Å². The number of anilines is 1. The first-order chi connectivity index (χ1) is 20.3. The van der Waals surface area contributed by atoms with Crippen molar-refractivity contribution in [3.05, 3.63) is 101 Å². The molecule has 0 bridgehead atoms. The molecule has 0 fully saturated rings. The fourth-order valence-electron chi connectivity index (χ4n) is 6.94. The van der Waals surface area contributed by atoms with Crippen LogP contribution in [0.4, 0.5) is 11.4 Å². The van der Waals surface area contributed by atoms with Crippen molar-refractivity contribution in [1.29, 1.82) is 0 Å². The van der Waals surface area contributed by atoms with Crippen LogP contribution in [0.5, 0.6) is 5.75 Å². The summed E-state index contributed by atoms with van der Waals surface area (Å²) in [5, 5.41) is 0. The molecule has 3 aliphatic rings. The Labute approximate surface area is 262 Å². The number of para-hydroxylation sites is 2. The Kier molecular flexibility index (Phi) is 7.68. The number of likely N-dealkylation sites (N-methyl/N-ethyl adjacent to an activating group) is 1. The van der Waals surface area contributed by atoms with E-state index in [-0.39, 0.29) is 16.2 Å². The van der Waals surface area contributed by atoms with Gasteiger partial charge in [0, 0.05) is 41.6 Å². The Morgan fingerprint density at radius 1 is 0.864 bits per heavy atom. The molecule has 6 rings (SSSR count). The van der Waals surface area contributed by atoms with E-state index < -0.39 is 16.0 Å². The lowest BCUT2D eigenvalue weighted by Crippen LogP contribution is -2.68. The standard InChI is InChI=1S/C36H41N2O.ClHO4/c1-33(2,3)26-22-24(18-19-31-34(4,5)27-14-10-12-16-29(27)37(31)8)32-25(23-26)20-21-36(39-32)35(6,7)28-15-11-13-17-30(28)38(36)9;2-1(3,4)5/h10-23H,1-9H3;(H,2,3,4,5)/q+1;/p-1/b19-18+;. The van der Waals surface area contributed by atoms with E-state index in [9.17, 15) is 0 Å². The molecule has 0 saturated carbocycles. The van der Waals surface area contributed by atoms with E-state index in [4.69, 9.17) is 23.4 Å². The summed E-state index contributed by atoms with van der Waals surface area (Å²) in [5.74, 6) is 0.950. The molecule has 0 N–H and O–H groups in total. The van der Waals surface area contributed by atoms with E-state index in [2.05, 4.69) is 157 Å². The van der Waals surface area contributed by atoms with E-state index in [0.29, 0.717) is 0 Å². The molecule has 3 aromatic carbocycles. The molecule has 3 aromatic rings. The van der Waals surface area contributed by atoms with Crippen molar-refractivity contribution in [2.24, 2.45) is 0 Å². The SMILES string of the molecule is CN1c2ccccc2C(C)(C)C12C=Cc1cc(C(C)(C)C)cc(/C=C/C3=[N+](C)c4ccccc4C3(C)C)c1O2.[O-][Cl+3]([O-])([O-])[O-]. The van der Waals surface area contributed by atoms with Gasteiger partial charge in [0.15, 0.2) is 5.71 Å². The van der Waals surface area contributed by atoms with Crippen LogP contribution < -0.4 is 28.3 Å². The first kappa shape index (κ1) is 31.9. The Morgan fingerprint density at radius 2 is 1.45 bits per heavy atom. The first-order valence-corrected chi connectivity index (χ1v) is 15.9. The second-order valence-corrected chi connectivity index (χ2v) is 14.6. The molecule has 0 aliphatic carbocycles. The van der Waals surface area contributed by atoms with Gasteiger partial charge in [-0.1, -0.05) is 57.2 Å². The summed E-state index contributed by atoms with van der Waals surface area (Å²) in [7, 11) is -0.610. The lowest BCUT2D eigenvalue weighted by molar-refractivity contribution is -2.00. The van der Waals surface area contributed by atoms with E-state index >= 15 is 0 Å². The lowest BCUT2D eigenvalue weighted by atomic mass is 9.76. The van der Waals surface area contributed by atoms with E-state index in [0.717, 1.165) is 16.9 Å². The van der Waals surface area contributed by atoms with Gasteiger partial charge in [0.05, 0.1) is 10.8 Å². The fourth-order valence-corrected chi connectivity index (χ4v) is 6.94. The molecule has 1 spiro atoms. The number of halogens is 1. The predicted molar refractivity (Wildman–Crippen MR) is 165 cm³/mol. The molecule has 3 aliphatic heterocycles. The van der Waals surface area contributed by atoms with Crippen molar-refractivity contribution in [3.63, 3.8) is 0 Å². The third kappa shape index (κ3) is 5.27. The fraction of sp³-hybridized carbons (Fsp3) is 0.361. The maximum absolute atomic E-state index is 8.49. The summed E-state index contributed by atoms with van der Waals surface area (Å²) in [6, 6.07) is 22.1. The van der Waals surface area contributed by atoms with Crippen LogP contribution >= 0.6 is 0 Å². The highest BCUT2D eigenvalue weighted by molar-refractivity contribution is 6.05. The molecule has 1 unspecified atom stereocenters. The third-order valence-corrected chi connectivity index (χ3v) is 9.45. The Bertz CT molecular complexity index is 1700. The van der Waals surface area contributed by atoms with Gasteiger partial charge in [0.1, 0.15) is 12.8 Å². The highest BCUT2D eigenvalue weighted by atomic mass is 35.7. The van der Waals surface area contributed by atoms with Gasteiger partial charge in [0.2, 0.25) is 11.4 Å². The number of nitrogens with zero attached hydrogens (tertiary/aromatic N) is 2. The average molecular weight is 617 g/mol. The zero-order valence-electron chi connectivity index (χ0n) is 26.9. The van der Waals surface area contributed by atoms with Gasteiger partial charge >= 0.3 is 0 Å². The Balaban J connectivity index is 0.000000712. The van der Waals surface area contributed by atoms with Gasteiger partial charge in [-0.25, -0.2) is 18.6 Å². The van der Waals surface area contributed by atoms with Gasteiger partial charge in [0.25, 0.3) is 0 Å². The maximum atomic E-state index is 8.49. The van der Waals surface area contributed by atoms with Gasteiger partial charge in [-0.2, -0.15) is 4.58 Å². The normalized spacial score (nSPS) is 21.2. The molecule has 0 saturated heterocycles. The number of allylic oxidation sites excluding steroid dienone is 1. The summed E-state index contributed by atoms with van der Waals surface area (Å²) in [6.45, 7) is 16.1. The van der Waals surface area contributed by atoms with Gasteiger partial charge in [-0.3, -0.25) is 0 Å². The van der Waals surface area contributed by atoms with Crippen molar-refractivity contribution in [2.75, 3.05) is 19.0 Å². The van der Waals surface area contributed by atoms with Gasteiger partial charge in [-0.05, 0) is 80.7 Å². The van der Waals surface area contributed by atoms with E-state index in [1.54, 1.807) is 0 Å². The van der Waals surface area contributed by atoms with Crippen LogP contribution in [0, 0.1) is 10.2 Å². The molecule has 0 amide bonds. The minimum Gasteiger partial charge on any atom is -0.462 e. The van der Waals surface area contributed by atoms with Crippen molar-refractivity contribution >= 4 is 29.2 Å². The number of hydrogen-bond donors (Lipinski definition) is 0. The second kappa shape index (κ2) is 10.6. The molecule has 44 heavy (non-hydrogen) atoms. The lowest BCUT2D eigenvalue weighted by Gasteiger charge is -2.46. The van der Waals surface area contributed by atoms with Crippen molar-refractivity contribution < 1.29 is 38.2 Å². The van der Waals surface area contributed by atoms with Gasteiger partial charge < -0.3 is 9.64 Å². The third-order valence-electron chi connectivity index (χ3n) is 9.45. The Hall–Kier alpha value is -3.46. The van der Waals surface area contributed by atoms with Crippen LogP contribution in [0.25, 0.3) is 12.2 Å². The largest absolute Gasteiger partial charge is 0.462 e. The molecule has 7 nitrogen and oxygen atoms in total. The highest BCUT2D eigenvalue weighted by Gasteiger charge is 2.57. The number of fused-ring (bicyclic) bond motifs is 3. The smallest absolute Gasteiger partial charge is 0.211 e. The minimum atomic E-state index is -4.94. The quantitative estimate of drug-likeness (QED) is 0.408.